The van der Waals surface area contributed by atoms with Crippen molar-refractivity contribution in [2.24, 2.45) is 0 Å². The van der Waals surface area contributed by atoms with Crippen LogP contribution in [0, 0.1) is 0 Å². The summed E-state index contributed by atoms with van der Waals surface area (Å²) in [6, 6.07) is 6.11. The summed E-state index contributed by atoms with van der Waals surface area (Å²) in [6.45, 7) is 0. The van der Waals surface area contributed by atoms with Gasteiger partial charge in [-0.1, -0.05) is 6.07 Å². The van der Waals surface area contributed by atoms with Crippen LogP contribution in [0.3, 0.4) is 0 Å². The van der Waals surface area contributed by atoms with Crippen molar-refractivity contribution in [3.63, 3.8) is 0 Å². The van der Waals surface area contributed by atoms with Gasteiger partial charge in [0.1, 0.15) is 0 Å². The normalized spacial score (nSPS) is 10.3. The van der Waals surface area contributed by atoms with Crippen LogP contribution in [0.2, 0.25) is 0 Å². The second kappa shape index (κ2) is 6.46. The van der Waals surface area contributed by atoms with Gasteiger partial charge in [-0.3, -0.25) is 4.79 Å². The van der Waals surface area contributed by atoms with Crippen LogP contribution in [0.1, 0.15) is 5.56 Å². The summed E-state index contributed by atoms with van der Waals surface area (Å²) >= 11 is 8.87. The molecule has 0 aromatic heterocycles. The van der Waals surface area contributed by atoms with Gasteiger partial charge in [-0.25, -0.2) is 0 Å². The number of Topliss-reactive ketones (excluding diaryl/α,β-unsaturated/α-hetero) is 1. The predicted molar refractivity (Wildman–Crippen MR) is 69.4 cm³/mol. The molecule has 0 bridgehead atoms. The molecule has 15 heavy (non-hydrogen) atoms. The summed E-state index contributed by atoms with van der Waals surface area (Å²) in [7, 11) is 0. The van der Waals surface area contributed by atoms with Gasteiger partial charge >= 0.3 is 0 Å². The van der Waals surface area contributed by atoms with E-state index in [4.69, 9.17) is 11.6 Å². The Morgan fingerprint density at radius 2 is 1.80 bits per heavy atom. The van der Waals surface area contributed by atoms with Gasteiger partial charge in [-0.05, 0) is 30.2 Å². The molecule has 1 aromatic rings. The largest absolute Gasteiger partial charge is 0.298 e. The third-order valence-corrected chi connectivity index (χ3v) is 4.00. The molecular weight excluding hydrogens is 248 g/mol. The lowest BCUT2D eigenvalue weighted by Crippen LogP contribution is -2.06. The molecule has 0 radical (unpaired) electrons. The van der Waals surface area contributed by atoms with E-state index in [-0.39, 0.29) is 11.7 Å². The van der Waals surface area contributed by atoms with Gasteiger partial charge in [0.15, 0.2) is 5.78 Å². The van der Waals surface area contributed by atoms with Crippen molar-refractivity contribution < 1.29 is 4.79 Å². The Labute approximate surface area is 104 Å². The second-order valence-electron chi connectivity index (χ2n) is 2.99. The first kappa shape index (κ1) is 12.9. The van der Waals surface area contributed by atoms with E-state index in [0.717, 1.165) is 5.56 Å². The molecule has 0 amide bonds. The van der Waals surface area contributed by atoms with Crippen LogP contribution in [0.15, 0.2) is 28.0 Å². The van der Waals surface area contributed by atoms with Gasteiger partial charge in [0.2, 0.25) is 0 Å². The summed E-state index contributed by atoms with van der Waals surface area (Å²) in [5.74, 6) is 0.171. The maximum atomic E-state index is 11.4. The summed E-state index contributed by atoms with van der Waals surface area (Å²) in [4.78, 5) is 13.7. The van der Waals surface area contributed by atoms with Crippen LogP contribution in [-0.2, 0) is 11.2 Å². The monoisotopic (exact) mass is 260 g/mol. The molecule has 1 rings (SSSR count). The molecule has 0 fully saturated rings. The lowest BCUT2D eigenvalue weighted by Gasteiger charge is -2.10. The number of alkyl halides is 1. The molecule has 0 saturated heterocycles. The molecule has 0 aliphatic heterocycles. The fourth-order valence-electron chi connectivity index (χ4n) is 1.35. The van der Waals surface area contributed by atoms with Crippen LogP contribution < -0.4 is 0 Å². The van der Waals surface area contributed by atoms with Crippen LogP contribution in [0.4, 0.5) is 0 Å². The fraction of sp³-hybridized carbons (Fsp3) is 0.364. The third kappa shape index (κ3) is 3.44. The van der Waals surface area contributed by atoms with Crippen molar-refractivity contribution in [1.29, 1.82) is 0 Å². The zero-order valence-electron chi connectivity index (χ0n) is 8.75. The highest BCUT2D eigenvalue weighted by Gasteiger charge is 2.10. The van der Waals surface area contributed by atoms with Crippen LogP contribution >= 0.6 is 35.1 Å². The highest BCUT2D eigenvalue weighted by molar-refractivity contribution is 7.99. The van der Waals surface area contributed by atoms with Crippen LogP contribution in [0.25, 0.3) is 0 Å². The molecule has 1 nitrogen and oxygen atoms in total. The van der Waals surface area contributed by atoms with Gasteiger partial charge in [0.05, 0.1) is 5.88 Å². The number of thioether (sulfide) groups is 2. The Bertz CT molecular complexity index is 330. The van der Waals surface area contributed by atoms with E-state index in [1.807, 2.05) is 30.7 Å². The van der Waals surface area contributed by atoms with Crippen molar-refractivity contribution in [3.8, 4) is 0 Å². The molecular formula is C11H13ClOS2. The summed E-state index contributed by atoms with van der Waals surface area (Å²) < 4.78 is 0. The summed E-state index contributed by atoms with van der Waals surface area (Å²) in [6.07, 6.45) is 4.49. The molecule has 0 atom stereocenters. The summed E-state index contributed by atoms with van der Waals surface area (Å²) in [5.41, 5.74) is 1.11. The van der Waals surface area contributed by atoms with E-state index in [0.29, 0.717) is 6.42 Å². The minimum Gasteiger partial charge on any atom is -0.298 e. The van der Waals surface area contributed by atoms with E-state index < -0.39 is 0 Å². The minimum absolute atomic E-state index is 0.0773. The number of halogens is 1. The van der Waals surface area contributed by atoms with Gasteiger partial charge in [-0.15, -0.1) is 35.1 Å². The number of carbonyl (C=O) groups is 1. The highest BCUT2D eigenvalue weighted by atomic mass is 35.5. The first-order valence-corrected chi connectivity index (χ1v) is 7.48. The zero-order chi connectivity index (χ0) is 11.3. The SMILES string of the molecule is CSc1cccc(SC)c1CC(=O)CCl. The van der Waals surface area contributed by atoms with Crippen molar-refractivity contribution in [2.75, 3.05) is 18.4 Å². The number of rotatable bonds is 5. The quantitative estimate of drug-likeness (QED) is 0.596. The van der Waals surface area contributed by atoms with Crippen LogP contribution in [-0.4, -0.2) is 24.2 Å². The number of hydrogen-bond donors (Lipinski definition) is 0. The fourth-order valence-corrected chi connectivity index (χ4v) is 2.79. The van der Waals surface area contributed by atoms with E-state index in [2.05, 4.69) is 0 Å². The molecule has 4 heteroatoms. The lowest BCUT2D eigenvalue weighted by atomic mass is 10.1. The molecule has 0 heterocycles. The van der Waals surface area contributed by atoms with E-state index in [1.165, 1.54) is 9.79 Å². The molecule has 1 aromatic carbocycles. The Balaban J connectivity index is 3.05. The number of benzene rings is 1. The number of ketones is 1. The maximum Gasteiger partial charge on any atom is 0.152 e. The summed E-state index contributed by atoms with van der Waals surface area (Å²) in [5, 5.41) is 0. The smallest absolute Gasteiger partial charge is 0.152 e. The van der Waals surface area contributed by atoms with Gasteiger partial charge in [0, 0.05) is 16.2 Å². The standard InChI is InChI=1S/C11H13ClOS2/c1-14-10-4-3-5-11(15-2)9(10)6-8(13)7-12/h3-5H,6-7H2,1-2H3. The van der Waals surface area contributed by atoms with E-state index >= 15 is 0 Å². The molecule has 0 aliphatic carbocycles. The molecule has 0 aliphatic rings. The van der Waals surface area contributed by atoms with E-state index in [1.54, 1.807) is 23.5 Å². The highest BCUT2D eigenvalue weighted by Crippen LogP contribution is 2.29. The van der Waals surface area contributed by atoms with Gasteiger partial charge in [-0.2, -0.15) is 0 Å². The van der Waals surface area contributed by atoms with Crippen molar-refractivity contribution in [3.05, 3.63) is 23.8 Å². The lowest BCUT2D eigenvalue weighted by molar-refractivity contribution is -0.116. The van der Waals surface area contributed by atoms with Crippen molar-refractivity contribution >= 4 is 40.9 Å². The average Bonchev–Trinajstić information content (AvgIpc) is 2.29. The first-order chi connectivity index (χ1) is 7.22. The molecule has 82 valence electrons. The minimum atomic E-state index is 0.0773. The Morgan fingerprint density at radius 1 is 1.27 bits per heavy atom. The maximum absolute atomic E-state index is 11.4. The Kier molecular flexibility index (Phi) is 5.58. The zero-order valence-corrected chi connectivity index (χ0v) is 11.1. The number of hydrogen-bond acceptors (Lipinski definition) is 3. The molecule has 0 unspecified atom stereocenters. The first-order valence-electron chi connectivity index (χ1n) is 4.50. The third-order valence-electron chi connectivity index (χ3n) is 2.05. The number of carbonyl (C=O) groups excluding carboxylic acids is 1. The molecule has 0 spiro atoms. The predicted octanol–water partition coefficient (Wildman–Crippen LogP) is 3.48. The second-order valence-corrected chi connectivity index (χ2v) is 4.95. The Morgan fingerprint density at radius 3 is 2.20 bits per heavy atom. The van der Waals surface area contributed by atoms with Crippen molar-refractivity contribution in [2.45, 2.75) is 16.2 Å². The van der Waals surface area contributed by atoms with E-state index in [9.17, 15) is 4.79 Å². The average molecular weight is 261 g/mol. The molecule has 0 saturated carbocycles. The van der Waals surface area contributed by atoms with Crippen LogP contribution in [0.5, 0.6) is 0 Å². The topological polar surface area (TPSA) is 17.1 Å². The molecule has 0 N–H and O–H groups in total. The Hall–Kier alpha value is -0.120. The van der Waals surface area contributed by atoms with Crippen molar-refractivity contribution in [1.82, 2.24) is 0 Å². The van der Waals surface area contributed by atoms with Gasteiger partial charge < -0.3 is 0 Å². The van der Waals surface area contributed by atoms with Gasteiger partial charge in [0.25, 0.3) is 0 Å².